The average molecular weight is 519 g/mol. The summed E-state index contributed by atoms with van der Waals surface area (Å²) in [7, 11) is 0. The van der Waals surface area contributed by atoms with E-state index in [1.807, 2.05) is 74.5 Å². The number of ether oxygens (including phenoxy) is 2. The number of rotatable bonds is 12. The van der Waals surface area contributed by atoms with Crippen molar-refractivity contribution in [2.45, 2.75) is 52.0 Å². The van der Waals surface area contributed by atoms with Gasteiger partial charge in [0.2, 0.25) is 5.91 Å². The standard InChI is InChI=1S/C30H34N2O6/c1-3-21(2)27(32-30(36)38-20-24-12-8-5-9-13-24)28(34)31-26(18-22-14-16-25(33)17-15-22)29(35)37-19-23-10-6-4-7-11-23/h4-17,21,26-27,33H,3,18-20H2,1-2H3,(H,31,34)(H,32,36)/t21-,26-,27-/m0/s1. The second kappa shape index (κ2) is 14.4. The molecular formula is C30H34N2O6. The molecule has 3 aromatic carbocycles. The van der Waals surface area contributed by atoms with Crippen LogP contribution in [0.15, 0.2) is 84.9 Å². The van der Waals surface area contributed by atoms with E-state index in [4.69, 9.17) is 9.47 Å². The number of hydrogen-bond acceptors (Lipinski definition) is 6. The maximum atomic E-state index is 13.4. The SMILES string of the molecule is CC[C@H](C)[C@H](NC(=O)OCc1ccccc1)C(=O)N[C@@H](Cc1ccc(O)cc1)C(=O)OCc1ccccc1. The molecule has 0 spiro atoms. The Morgan fingerprint density at radius 1 is 0.763 bits per heavy atom. The van der Waals surface area contributed by atoms with Gasteiger partial charge >= 0.3 is 12.1 Å². The van der Waals surface area contributed by atoms with Gasteiger partial charge in [-0.25, -0.2) is 9.59 Å². The summed E-state index contributed by atoms with van der Waals surface area (Å²) < 4.78 is 10.8. The molecule has 200 valence electrons. The van der Waals surface area contributed by atoms with Crippen LogP contribution in [-0.2, 0) is 38.7 Å². The number of phenols is 1. The van der Waals surface area contributed by atoms with Crippen molar-refractivity contribution >= 4 is 18.0 Å². The second-order valence-electron chi connectivity index (χ2n) is 9.09. The molecule has 0 heterocycles. The molecule has 0 radical (unpaired) electrons. The van der Waals surface area contributed by atoms with Crippen LogP contribution in [0.25, 0.3) is 0 Å². The Morgan fingerprint density at radius 2 is 1.32 bits per heavy atom. The molecule has 0 bridgehead atoms. The summed E-state index contributed by atoms with van der Waals surface area (Å²) in [5.74, 6) is -1.26. The van der Waals surface area contributed by atoms with Crippen LogP contribution in [0.3, 0.4) is 0 Å². The van der Waals surface area contributed by atoms with Gasteiger partial charge in [-0.3, -0.25) is 4.79 Å². The van der Waals surface area contributed by atoms with Crippen LogP contribution in [0.2, 0.25) is 0 Å². The normalized spacial score (nSPS) is 13.0. The number of esters is 1. The molecule has 0 saturated heterocycles. The molecule has 3 N–H and O–H groups in total. The predicted molar refractivity (Wildman–Crippen MR) is 143 cm³/mol. The van der Waals surface area contributed by atoms with Crippen LogP contribution in [-0.4, -0.2) is 35.2 Å². The minimum absolute atomic E-state index is 0.0560. The van der Waals surface area contributed by atoms with E-state index in [2.05, 4.69) is 10.6 Å². The first-order chi connectivity index (χ1) is 18.4. The molecule has 3 aromatic rings. The Hall–Kier alpha value is -4.33. The number of nitrogens with one attached hydrogen (secondary N) is 2. The summed E-state index contributed by atoms with van der Waals surface area (Å²) >= 11 is 0. The zero-order chi connectivity index (χ0) is 27.3. The number of amides is 2. The molecule has 8 heteroatoms. The van der Waals surface area contributed by atoms with Crippen LogP contribution < -0.4 is 10.6 Å². The van der Waals surface area contributed by atoms with Gasteiger partial charge in [0, 0.05) is 6.42 Å². The largest absolute Gasteiger partial charge is 0.508 e. The highest BCUT2D eigenvalue weighted by molar-refractivity contribution is 5.90. The fraction of sp³-hybridized carbons (Fsp3) is 0.300. The summed E-state index contributed by atoms with van der Waals surface area (Å²) in [5, 5.41) is 15.0. The van der Waals surface area contributed by atoms with Crippen molar-refractivity contribution in [1.82, 2.24) is 10.6 Å². The third-order valence-electron chi connectivity index (χ3n) is 6.18. The van der Waals surface area contributed by atoms with Gasteiger partial charge in [0.05, 0.1) is 0 Å². The summed E-state index contributed by atoms with van der Waals surface area (Å²) in [4.78, 5) is 39.0. The predicted octanol–water partition coefficient (Wildman–Crippen LogP) is 4.50. The van der Waals surface area contributed by atoms with Crippen LogP contribution in [0.4, 0.5) is 4.79 Å². The number of phenolic OH excluding ortho intramolecular Hbond substituents is 1. The quantitative estimate of drug-likeness (QED) is 0.304. The lowest BCUT2D eigenvalue weighted by Gasteiger charge is -2.26. The number of carbonyl (C=O) groups excluding carboxylic acids is 3. The monoisotopic (exact) mass is 518 g/mol. The third kappa shape index (κ3) is 8.96. The van der Waals surface area contributed by atoms with Gasteiger partial charge < -0.3 is 25.2 Å². The molecule has 8 nitrogen and oxygen atoms in total. The lowest BCUT2D eigenvalue weighted by Crippen LogP contribution is -2.54. The average Bonchev–Trinajstić information content (AvgIpc) is 2.95. The Morgan fingerprint density at radius 3 is 1.87 bits per heavy atom. The molecule has 2 amide bonds. The molecule has 0 aliphatic carbocycles. The molecule has 0 aromatic heterocycles. The first-order valence-electron chi connectivity index (χ1n) is 12.6. The first kappa shape index (κ1) is 28.2. The van der Waals surface area contributed by atoms with Crippen LogP contribution >= 0.6 is 0 Å². The minimum atomic E-state index is -1.01. The number of aromatic hydroxyl groups is 1. The van der Waals surface area contributed by atoms with E-state index in [1.54, 1.807) is 12.1 Å². The number of benzene rings is 3. The Kier molecular flexibility index (Phi) is 10.7. The second-order valence-corrected chi connectivity index (χ2v) is 9.09. The Bertz CT molecular complexity index is 1170. The van der Waals surface area contributed by atoms with Gasteiger partial charge in [-0.1, -0.05) is 93.1 Å². The lowest BCUT2D eigenvalue weighted by molar-refractivity contribution is -0.149. The van der Waals surface area contributed by atoms with Gasteiger partial charge in [-0.15, -0.1) is 0 Å². The topological polar surface area (TPSA) is 114 Å². The van der Waals surface area contributed by atoms with Gasteiger partial charge in [0.1, 0.15) is 31.0 Å². The molecular weight excluding hydrogens is 484 g/mol. The molecule has 0 saturated carbocycles. The van der Waals surface area contributed by atoms with Crippen molar-refractivity contribution in [3.63, 3.8) is 0 Å². The van der Waals surface area contributed by atoms with E-state index < -0.39 is 30.1 Å². The highest BCUT2D eigenvalue weighted by atomic mass is 16.5. The Balaban J connectivity index is 1.69. The molecule has 38 heavy (non-hydrogen) atoms. The number of alkyl carbamates (subject to hydrolysis) is 1. The maximum absolute atomic E-state index is 13.4. The van der Waals surface area contributed by atoms with Gasteiger partial charge in [-0.2, -0.15) is 0 Å². The van der Waals surface area contributed by atoms with Crippen LogP contribution in [0, 0.1) is 5.92 Å². The minimum Gasteiger partial charge on any atom is -0.508 e. The molecule has 0 unspecified atom stereocenters. The van der Waals surface area contributed by atoms with Gasteiger partial charge in [0.25, 0.3) is 0 Å². The summed E-state index contributed by atoms with van der Waals surface area (Å²) in [6.07, 6.45) is 0.0275. The number of carbonyl (C=O) groups is 3. The smallest absolute Gasteiger partial charge is 0.408 e. The van der Waals surface area contributed by atoms with Crippen molar-refractivity contribution in [1.29, 1.82) is 0 Å². The first-order valence-corrected chi connectivity index (χ1v) is 12.6. The van der Waals surface area contributed by atoms with E-state index in [0.717, 1.165) is 16.7 Å². The van der Waals surface area contributed by atoms with E-state index in [1.165, 1.54) is 12.1 Å². The van der Waals surface area contributed by atoms with Crippen molar-refractivity contribution in [3.05, 3.63) is 102 Å². The van der Waals surface area contributed by atoms with Crippen molar-refractivity contribution in [2.75, 3.05) is 0 Å². The van der Waals surface area contributed by atoms with Crippen molar-refractivity contribution in [2.24, 2.45) is 5.92 Å². The maximum Gasteiger partial charge on any atom is 0.408 e. The fourth-order valence-electron chi connectivity index (χ4n) is 3.75. The molecule has 3 atom stereocenters. The van der Waals surface area contributed by atoms with Crippen LogP contribution in [0.5, 0.6) is 5.75 Å². The van der Waals surface area contributed by atoms with Gasteiger partial charge in [-0.05, 0) is 34.7 Å². The summed E-state index contributed by atoms with van der Waals surface area (Å²) in [6.45, 7) is 3.87. The lowest BCUT2D eigenvalue weighted by atomic mass is 9.97. The fourth-order valence-corrected chi connectivity index (χ4v) is 3.75. The van der Waals surface area contributed by atoms with Crippen molar-refractivity contribution < 1.29 is 29.0 Å². The summed E-state index contributed by atoms with van der Waals surface area (Å²) in [5.41, 5.74) is 2.36. The van der Waals surface area contributed by atoms with E-state index in [0.29, 0.717) is 6.42 Å². The number of hydrogen-bond donors (Lipinski definition) is 3. The van der Waals surface area contributed by atoms with E-state index >= 15 is 0 Å². The van der Waals surface area contributed by atoms with Crippen LogP contribution in [0.1, 0.15) is 37.0 Å². The Labute approximate surface area is 223 Å². The molecule has 0 aliphatic rings. The highest BCUT2D eigenvalue weighted by Crippen LogP contribution is 2.14. The third-order valence-corrected chi connectivity index (χ3v) is 6.18. The van der Waals surface area contributed by atoms with E-state index in [-0.39, 0.29) is 31.3 Å². The summed E-state index contributed by atoms with van der Waals surface area (Å²) in [6, 6.07) is 22.9. The van der Waals surface area contributed by atoms with E-state index in [9.17, 15) is 19.5 Å². The van der Waals surface area contributed by atoms with Gasteiger partial charge in [0.15, 0.2) is 0 Å². The molecule has 0 aliphatic heterocycles. The zero-order valence-electron chi connectivity index (χ0n) is 21.6. The highest BCUT2D eigenvalue weighted by Gasteiger charge is 2.31. The zero-order valence-corrected chi connectivity index (χ0v) is 21.6. The molecule has 3 rings (SSSR count). The van der Waals surface area contributed by atoms with Crippen molar-refractivity contribution in [3.8, 4) is 5.75 Å². The molecule has 0 fully saturated rings.